The van der Waals surface area contributed by atoms with Gasteiger partial charge in [-0.2, -0.15) is 0 Å². The maximum Gasteiger partial charge on any atom is -0.0109 e. The summed E-state index contributed by atoms with van der Waals surface area (Å²) in [6.07, 6.45) is 1.06. The van der Waals surface area contributed by atoms with Gasteiger partial charge in [0.2, 0.25) is 0 Å². The van der Waals surface area contributed by atoms with Crippen LogP contribution in [0.15, 0.2) is 23.3 Å². The molecule has 1 unspecified atom stereocenters. The second-order valence-electron chi connectivity index (χ2n) is 6.58. The van der Waals surface area contributed by atoms with Gasteiger partial charge in [-0.15, -0.1) is 0 Å². The van der Waals surface area contributed by atoms with Gasteiger partial charge in [0.1, 0.15) is 0 Å². The Hall–Kier alpha value is -0.520. The summed E-state index contributed by atoms with van der Waals surface area (Å²) in [5, 5.41) is 0. The summed E-state index contributed by atoms with van der Waals surface area (Å²) in [5.41, 5.74) is 4.75. The van der Waals surface area contributed by atoms with Crippen LogP contribution in [-0.2, 0) is 0 Å². The van der Waals surface area contributed by atoms with Crippen LogP contribution < -0.4 is 0 Å². The minimum Gasteiger partial charge on any atom is -0.0998 e. The quantitative estimate of drug-likeness (QED) is 0.542. The Morgan fingerprint density at radius 1 is 1.06 bits per heavy atom. The topological polar surface area (TPSA) is 0 Å². The van der Waals surface area contributed by atoms with Crippen LogP contribution >= 0.6 is 0 Å². The number of hydrogen-bond donors (Lipinski definition) is 0. The lowest BCUT2D eigenvalue weighted by Gasteiger charge is -2.31. The van der Waals surface area contributed by atoms with Crippen molar-refractivity contribution in [3.05, 3.63) is 23.3 Å². The van der Waals surface area contributed by atoms with Gasteiger partial charge in [0.05, 0.1) is 0 Å². The molecule has 0 saturated heterocycles. The highest BCUT2D eigenvalue weighted by molar-refractivity contribution is 5.22. The predicted octanol–water partition coefficient (Wildman–Crippen LogP) is 5.61. The molecule has 0 aliphatic rings. The maximum absolute atomic E-state index is 4.05. The van der Waals surface area contributed by atoms with Crippen LogP contribution in [0, 0.1) is 17.3 Å². The monoisotopic (exact) mass is 222 g/mol. The van der Waals surface area contributed by atoms with Crippen LogP contribution in [0.3, 0.4) is 0 Å². The first-order valence-corrected chi connectivity index (χ1v) is 6.41. The van der Waals surface area contributed by atoms with Crippen molar-refractivity contribution in [2.75, 3.05) is 0 Å². The van der Waals surface area contributed by atoms with Gasteiger partial charge in [0, 0.05) is 0 Å². The first-order valence-electron chi connectivity index (χ1n) is 6.41. The second-order valence-corrected chi connectivity index (χ2v) is 6.58. The zero-order valence-corrected chi connectivity index (χ0v) is 12.6. The fourth-order valence-corrected chi connectivity index (χ4v) is 2.05. The van der Waals surface area contributed by atoms with Crippen LogP contribution in [-0.4, -0.2) is 0 Å². The van der Waals surface area contributed by atoms with Crippen LogP contribution in [0.2, 0.25) is 0 Å². The van der Waals surface area contributed by atoms with E-state index in [1.165, 1.54) is 5.57 Å². The molecule has 1 atom stereocenters. The number of allylic oxidation sites excluding steroid dienone is 3. The van der Waals surface area contributed by atoms with Gasteiger partial charge in [-0.25, -0.2) is 0 Å². The molecule has 0 radical (unpaired) electrons. The van der Waals surface area contributed by atoms with Crippen molar-refractivity contribution in [1.82, 2.24) is 0 Å². The lowest BCUT2D eigenvalue weighted by molar-refractivity contribution is 0.297. The van der Waals surface area contributed by atoms with E-state index in [1.807, 2.05) is 0 Å². The van der Waals surface area contributed by atoms with E-state index < -0.39 is 0 Å². The molecular formula is C16H30. The molecule has 0 heteroatoms. The molecule has 0 heterocycles. The molecule has 0 aliphatic carbocycles. The normalized spacial score (nSPS) is 16.1. The van der Waals surface area contributed by atoms with E-state index in [-0.39, 0.29) is 0 Å². The van der Waals surface area contributed by atoms with Crippen molar-refractivity contribution >= 4 is 0 Å². The highest BCUT2D eigenvalue weighted by atomic mass is 14.3. The molecule has 94 valence electrons. The van der Waals surface area contributed by atoms with Crippen molar-refractivity contribution in [1.29, 1.82) is 0 Å². The van der Waals surface area contributed by atoms with E-state index in [1.54, 1.807) is 11.1 Å². The largest absolute Gasteiger partial charge is 0.0998 e. The average molecular weight is 222 g/mol. The average Bonchev–Trinajstić information content (AvgIpc) is 2.09. The van der Waals surface area contributed by atoms with Crippen LogP contribution in [0.1, 0.15) is 61.8 Å². The molecule has 0 amide bonds. The molecule has 16 heavy (non-hydrogen) atoms. The minimum absolute atomic E-state index is 0.347. The molecule has 0 aliphatic heterocycles. The van der Waals surface area contributed by atoms with Gasteiger partial charge in [-0.05, 0) is 37.5 Å². The van der Waals surface area contributed by atoms with Crippen LogP contribution in [0.4, 0.5) is 0 Å². The molecule has 0 spiro atoms. The highest BCUT2D eigenvalue weighted by Crippen LogP contribution is 2.35. The Bertz CT molecular complexity index is 271. The molecule has 0 bridgehead atoms. The van der Waals surface area contributed by atoms with Gasteiger partial charge >= 0.3 is 0 Å². The standard InChI is InChI=1S/C16H30/c1-11(2)10-15(12(3)4)13(5)14(6)16(7,8)9/h12,14H,1,10H2,2-9H3. The predicted molar refractivity (Wildman–Crippen MR) is 75.6 cm³/mol. The van der Waals surface area contributed by atoms with E-state index in [0.29, 0.717) is 17.3 Å². The summed E-state index contributed by atoms with van der Waals surface area (Å²) in [6, 6.07) is 0. The fourth-order valence-electron chi connectivity index (χ4n) is 2.05. The summed E-state index contributed by atoms with van der Waals surface area (Å²) in [6.45, 7) is 22.3. The summed E-state index contributed by atoms with van der Waals surface area (Å²) in [4.78, 5) is 0. The van der Waals surface area contributed by atoms with Crippen molar-refractivity contribution in [3.8, 4) is 0 Å². The number of hydrogen-bond acceptors (Lipinski definition) is 0. The van der Waals surface area contributed by atoms with Gasteiger partial charge in [-0.3, -0.25) is 0 Å². The Balaban J connectivity index is 5.19. The van der Waals surface area contributed by atoms with E-state index in [0.717, 1.165) is 6.42 Å². The lowest BCUT2D eigenvalue weighted by Crippen LogP contribution is -2.20. The molecular weight excluding hydrogens is 192 g/mol. The van der Waals surface area contributed by atoms with Gasteiger partial charge in [0.25, 0.3) is 0 Å². The van der Waals surface area contributed by atoms with E-state index in [4.69, 9.17) is 0 Å². The Kier molecular flexibility index (Phi) is 5.52. The SMILES string of the molecule is C=C(C)CC(=C(C)C(C)C(C)(C)C)C(C)C. The Morgan fingerprint density at radius 3 is 1.75 bits per heavy atom. The number of rotatable bonds is 4. The van der Waals surface area contributed by atoms with Crippen LogP contribution in [0.25, 0.3) is 0 Å². The van der Waals surface area contributed by atoms with E-state index >= 15 is 0 Å². The molecule has 0 rings (SSSR count). The third-order valence-corrected chi connectivity index (χ3v) is 3.64. The summed E-state index contributed by atoms with van der Waals surface area (Å²) in [7, 11) is 0. The summed E-state index contributed by atoms with van der Waals surface area (Å²) < 4.78 is 0. The molecule has 0 aromatic heterocycles. The smallest absolute Gasteiger partial charge is 0.0109 e. The minimum atomic E-state index is 0.347. The third-order valence-electron chi connectivity index (χ3n) is 3.64. The van der Waals surface area contributed by atoms with Gasteiger partial charge < -0.3 is 0 Å². The molecule has 0 N–H and O–H groups in total. The van der Waals surface area contributed by atoms with Crippen molar-refractivity contribution in [2.45, 2.75) is 61.8 Å². The molecule has 0 aromatic rings. The zero-order valence-electron chi connectivity index (χ0n) is 12.6. The van der Waals surface area contributed by atoms with Crippen molar-refractivity contribution in [2.24, 2.45) is 17.3 Å². The molecule has 0 nitrogen and oxygen atoms in total. The molecule has 0 saturated carbocycles. The van der Waals surface area contributed by atoms with E-state index in [9.17, 15) is 0 Å². The lowest BCUT2D eigenvalue weighted by atomic mass is 9.74. The van der Waals surface area contributed by atoms with Gasteiger partial charge in [-0.1, -0.05) is 64.8 Å². The highest BCUT2D eigenvalue weighted by Gasteiger charge is 2.23. The molecule has 0 fully saturated rings. The van der Waals surface area contributed by atoms with Gasteiger partial charge in [0.15, 0.2) is 0 Å². The van der Waals surface area contributed by atoms with Crippen molar-refractivity contribution < 1.29 is 0 Å². The van der Waals surface area contributed by atoms with Crippen molar-refractivity contribution in [3.63, 3.8) is 0 Å². The van der Waals surface area contributed by atoms with Crippen LogP contribution in [0.5, 0.6) is 0 Å². The fraction of sp³-hybridized carbons (Fsp3) is 0.750. The first kappa shape index (κ1) is 15.5. The Labute approximate surface area is 103 Å². The Morgan fingerprint density at radius 2 is 1.50 bits per heavy atom. The molecule has 0 aromatic carbocycles. The summed E-state index contributed by atoms with van der Waals surface area (Å²) in [5.74, 6) is 1.26. The zero-order chi connectivity index (χ0) is 13.1. The second kappa shape index (κ2) is 5.70. The first-order chi connectivity index (χ1) is 7.07. The third kappa shape index (κ3) is 4.55. The van der Waals surface area contributed by atoms with E-state index in [2.05, 4.69) is 62.0 Å². The summed E-state index contributed by atoms with van der Waals surface area (Å²) >= 11 is 0. The maximum atomic E-state index is 4.05.